The number of amides is 1. The Balaban J connectivity index is 1.31. The van der Waals surface area contributed by atoms with E-state index in [1.54, 1.807) is 12.1 Å². The first-order valence-corrected chi connectivity index (χ1v) is 16.2. The molecule has 2 N–H and O–H groups in total. The van der Waals surface area contributed by atoms with Crippen molar-refractivity contribution < 1.29 is 37.3 Å². The Hall–Kier alpha value is -2.70. The van der Waals surface area contributed by atoms with E-state index < -0.39 is 28.3 Å². The first-order chi connectivity index (χ1) is 20.2. The zero-order chi connectivity index (χ0) is 29.9. The molecule has 0 spiro atoms. The highest BCUT2D eigenvalue weighted by Crippen LogP contribution is 2.50. The maximum Gasteiger partial charge on any atom is 0.407 e. The van der Waals surface area contributed by atoms with Crippen molar-refractivity contribution in [2.24, 2.45) is 23.7 Å². The normalized spacial score (nSPS) is 26.6. The summed E-state index contributed by atoms with van der Waals surface area (Å²) in [7, 11) is -2.42. The first-order valence-electron chi connectivity index (χ1n) is 14.7. The summed E-state index contributed by atoms with van der Waals surface area (Å²) >= 11 is 0. The molecule has 11 heteroatoms. The molecule has 0 bridgehead atoms. The SMILES string of the molecule is COc1ccc(S(=O)(=O)N(CC(C)C)C[C@@H](O)[C@H](Cc2ccccc2)NC(=O)O[C@H]2CC3CO[C@H]4OCCC2[C@@H]34)cc1. The van der Waals surface area contributed by atoms with Gasteiger partial charge in [-0.3, -0.25) is 0 Å². The van der Waals surface area contributed by atoms with Crippen LogP contribution < -0.4 is 10.1 Å². The topological polar surface area (TPSA) is 124 Å². The third-order valence-corrected chi connectivity index (χ3v) is 10.4. The van der Waals surface area contributed by atoms with Crippen LogP contribution in [0.25, 0.3) is 0 Å². The van der Waals surface area contributed by atoms with Gasteiger partial charge < -0.3 is 29.4 Å². The number of hydrogen-bond donors (Lipinski definition) is 2. The molecule has 42 heavy (non-hydrogen) atoms. The smallest absolute Gasteiger partial charge is 0.407 e. The molecule has 2 aromatic carbocycles. The lowest BCUT2D eigenvalue weighted by atomic mass is 9.87. The number of aliphatic hydroxyl groups excluding tert-OH is 1. The fourth-order valence-corrected chi connectivity index (χ4v) is 8.16. The molecule has 3 fully saturated rings. The van der Waals surface area contributed by atoms with Crippen LogP contribution in [0.1, 0.15) is 32.3 Å². The maximum atomic E-state index is 13.7. The largest absolute Gasteiger partial charge is 0.497 e. The quantitative estimate of drug-likeness (QED) is 0.379. The molecule has 5 rings (SSSR count). The molecule has 7 atom stereocenters. The molecule has 230 valence electrons. The number of sulfonamides is 1. The van der Waals surface area contributed by atoms with Crippen molar-refractivity contribution >= 4 is 16.1 Å². The van der Waals surface area contributed by atoms with Crippen molar-refractivity contribution in [3.05, 3.63) is 60.2 Å². The molecule has 1 aliphatic carbocycles. The Labute approximate surface area is 248 Å². The summed E-state index contributed by atoms with van der Waals surface area (Å²) in [4.78, 5) is 13.4. The molecular formula is C31H42N2O8S. The average molecular weight is 603 g/mol. The predicted molar refractivity (Wildman–Crippen MR) is 155 cm³/mol. The number of nitrogens with one attached hydrogen (secondary N) is 1. The van der Waals surface area contributed by atoms with Crippen LogP contribution in [0.3, 0.4) is 0 Å². The van der Waals surface area contributed by atoms with Crippen LogP contribution in [0.5, 0.6) is 5.75 Å². The van der Waals surface area contributed by atoms with Crippen molar-refractivity contribution in [3.8, 4) is 5.75 Å². The highest BCUT2D eigenvalue weighted by molar-refractivity contribution is 7.89. The number of rotatable bonds is 12. The Kier molecular flexibility index (Phi) is 9.74. The molecule has 2 heterocycles. The minimum Gasteiger partial charge on any atom is -0.497 e. The van der Waals surface area contributed by atoms with E-state index in [4.69, 9.17) is 18.9 Å². The van der Waals surface area contributed by atoms with E-state index in [9.17, 15) is 18.3 Å². The number of hydrogen-bond acceptors (Lipinski definition) is 8. The second kappa shape index (κ2) is 13.3. The van der Waals surface area contributed by atoms with Crippen molar-refractivity contribution in [2.75, 3.05) is 33.4 Å². The number of aliphatic hydroxyl groups is 1. The van der Waals surface area contributed by atoms with Crippen molar-refractivity contribution in [2.45, 2.75) is 62.5 Å². The van der Waals surface area contributed by atoms with Gasteiger partial charge in [-0.1, -0.05) is 44.2 Å². The lowest BCUT2D eigenvalue weighted by Gasteiger charge is -2.33. The van der Waals surface area contributed by atoms with Crippen LogP contribution in [0.2, 0.25) is 0 Å². The Morgan fingerprint density at radius 2 is 1.83 bits per heavy atom. The van der Waals surface area contributed by atoms with E-state index in [0.29, 0.717) is 31.3 Å². The highest BCUT2D eigenvalue weighted by Gasteiger charge is 2.55. The maximum absolute atomic E-state index is 13.7. The number of carbonyl (C=O) groups excluding carboxylic acids is 1. The number of nitrogens with zero attached hydrogens (tertiary/aromatic N) is 1. The van der Waals surface area contributed by atoms with Gasteiger partial charge in [0.2, 0.25) is 10.0 Å². The predicted octanol–water partition coefficient (Wildman–Crippen LogP) is 3.44. The van der Waals surface area contributed by atoms with Gasteiger partial charge in [0, 0.05) is 24.9 Å². The van der Waals surface area contributed by atoms with Crippen LogP contribution >= 0.6 is 0 Å². The number of carbonyl (C=O) groups is 1. The molecule has 0 aromatic heterocycles. The third kappa shape index (κ3) is 6.92. The van der Waals surface area contributed by atoms with Gasteiger partial charge >= 0.3 is 6.09 Å². The van der Waals surface area contributed by atoms with E-state index in [1.807, 2.05) is 44.2 Å². The highest BCUT2D eigenvalue weighted by atomic mass is 32.2. The van der Waals surface area contributed by atoms with Gasteiger partial charge in [0.15, 0.2) is 6.29 Å². The van der Waals surface area contributed by atoms with Crippen molar-refractivity contribution in [1.29, 1.82) is 0 Å². The van der Waals surface area contributed by atoms with E-state index in [0.717, 1.165) is 18.4 Å². The van der Waals surface area contributed by atoms with E-state index >= 15 is 0 Å². The van der Waals surface area contributed by atoms with Crippen LogP contribution in [0, 0.1) is 23.7 Å². The zero-order valence-corrected chi connectivity index (χ0v) is 25.2. The Morgan fingerprint density at radius 3 is 2.52 bits per heavy atom. The molecule has 2 aliphatic heterocycles. The van der Waals surface area contributed by atoms with Gasteiger partial charge in [-0.05, 0) is 60.9 Å². The van der Waals surface area contributed by atoms with E-state index in [-0.39, 0.29) is 48.1 Å². The Bertz CT molecular complexity index is 1290. The van der Waals surface area contributed by atoms with Crippen molar-refractivity contribution in [1.82, 2.24) is 9.62 Å². The molecule has 2 saturated heterocycles. The van der Waals surface area contributed by atoms with Gasteiger partial charge in [-0.2, -0.15) is 4.31 Å². The number of benzene rings is 2. The number of methoxy groups -OCH3 is 1. The Morgan fingerprint density at radius 1 is 1.10 bits per heavy atom. The number of alkyl carbamates (subject to hydrolysis) is 1. The molecule has 1 amide bonds. The monoisotopic (exact) mass is 602 g/mol. The number of ether oxygens (including phenoxy) is 4. The summed E-state index contributed by atoms with van der Waals surface area (Å²) in [6, 6.07) is 14.9. The summed E-state index contributed by atoms with van der Waals surface area (Å²) in [5.74, 6) is 1.26. The van der Waals surface area contributed by atoms with Crippen LogP contribution in [-0.4, -0.2) is 81.9 Å². The van der Waals surface area contributed by atoms with Gasteiger partial charge in [-0.25, -0.2) is 13.2 Å². The second-order valence-corrected chi connectivity index (χ2v) is 13.9. The van der Waals surface area contributed by atoms with Gasteiger partial charge in [-0.15, -0.1) is 0 Å². The van der Waals surface area contributed by atoms with Crippen LogP contribution in [0.4, 0.5) is 4.79 Å². The molecule has 1 saturated carbocycles. The summed E-state index contributed by atoms with van der Waals surface area (Å²) < 4.78 is 51.3. The molecule has 0 radical (unpaired) electrons. The standard InChI is InChI=1S/C31H42N2O8S/c1-20(2)17-33(42(36,37)24-11-9-23(38-3)10-12-24)18-27(34)26(15-21-7-5-4-6-8-21)32-31(35)41-28-16-22-19-40-30-29(22)25(28)13-14-39-30/h4-12,20,22,25-30,34H,13-19H2,1-3H3,(H,32,35)/t22?,25?,26-,27+,28-,29+,30+/m0/s1. The van der Waals surface area contributed by atoms with Gasteiger partial charge in [0.25, 0.3) is 0 Å². The van der Waals surface area contributed by atoms with Gasteiger partial charge in [0.05, 0.1) is 37.4 Å². The summed E-state index contributed by atoms with van der Waals surface area (Å²) in [6.07, 6.45) is -0.460. The van der Waals surface area contributed by atoms with Crippen LogP contribution in [-0.2, 0) is 30.7 Å². The van der Waals surface area contributed by atoms with Crippen LogP contribution in [0.15, 0.2) is 59.5 Å². The first kappa shape index (κ1) is 30.7. The second-order valence-electron chi connectivity index (χ2n) is 11.9. The minimum absolute atomic E-state index is 0.00446. The summed E-state index contributed by atoms with van der Waals surface area (Å²) in [6.45, 7) is 5.02. The lowest BCUT2D eigenvalue weighted by Crippen LogP contribution is -2.51. The fraction of sp³-hybridized carbons (Fsp3) is 0.581. The minimum atomic E-state index is -3.94. The van der Waals surface area contributed by atoms with E-state index in [1.165, 1.54) is 23.5 Å². The van der Waals surface area contributed by atoms with Crippen molar-refractivity contribution in [3.63, 3.8) is 0 Å². The summed E-state index contributed by atoms with van der Waals surface area (Å²) in [5.41, 5.74) is 0.898. The summed E-state index contributed by atoms with van der Waals surface area (Å²) in [5, 5.41) is 14.4. The average Bonchev–Trinajstić information content (AvgIpc) is 3.55. The zero-order valence-electron chi connectivity index (χ0n) is 24.4. The molecule has 3 aliphatic rings. The lowest BCUT2D eigenvalue weighted by molar-refractivity contribution is -0.173. The fourth-order valence-electron chi connectivity index (χ4n) is 6.54. The van der Waals surface area contributed by atoms with Gasteiger partial charge in [0.1, 0.15) is 11.9 Å². The molecule has 2 unspecified atom stereocenters. The molecule has 10 nitrogen and oxygen atoms in total. The molecular weight excluding hydrogens is 560 g/mol. The van der Waals surface area contributed by atoms with E-state index in [2.05, 4.69) is 5.32 Å². The third-order valence-electron chi connectivity index (χ3n) is 8.55. The molecule has 2 aromatic rings.